The number of carbonyl (C=O) groups excluding carboxylic acids is 2. The molecule has 1 aliphatic heterocycles. The summed E-state index contributed by atoms with van der Waals surface area (Å²) in [6.07, 6.45) is 1.31. The summed E-state index contributed by atoms with van der Waals surface area (Å²) < 4.78 is 0. The van der Waals surface area contributed by atoms with Gasteiger partial charge in [-0.25, -0.2) is 0 Å². The van der Waals surface area contributed by atoms with Gasteiger partial charge in [-0.2, -0.15) is 0 Å². The first-order valence-corrected chi connectivity index (χ1v) is 8.37. The van der Waals surface area contributed by atoms with Crippen LogP contribution in [-0.4, -0.2) is 33.5 Å². The molecule has 2 aromatic heterocycles. The molecular formula is C13H14N4O2S2. The molecule has 8 heteroatoms. The van der Waals surface area contributed by atoms with E-state index in [1.54, 1.807) is 16.8 Å². The quantitative estimate of drug-likeness (QED) is 0.933. The molecule has 6 nitrogen and oxygen atoms in total. The van der Waals surface area contributed by atoms with Crippen LogP contribution < -0.4 is 5.32 Å². The Morgan fingerprint density at radius 1 is 1.33 bits per heavy atom. The van der Waals surface area contributed by atoms with Crippen molar-refractivity contribution >= 4 is 39.6 Å². The molecule has 3 heterocycles. The summed E-state index contributed by atoms with van der Waals surface area (Å²) in [4.78, 5) is 27.1. The van der Waals surface area contributed by atoms with E-state index in [0.717, 1.165) is 13.0 Å². The summed E-state index contributed by atoms with van der Waals surface area (Å²) in [7, 11) is 0. The number of hydrogen-bond acceptors (Lipinski definition) is 6. The maximum atomic E-state index is 12.2. The van der Waals surface area contributed by atoms with Crippen molar-refractivity contribution in [3.8, 4) is 0 Å². The van der Waals surface area contributed by atoms with Crippen LogP contribution in [0.1, 0.15) is 23.3 Å². The van der Waals surface area contributed by atoms with E-state index < -0.39 is 0 Å². The van der Waals surface area contributed by atoms with Crippen molar-refractivity contribution in [2.45, 2.75) is 25.8 Å². The van der Waals surface area contributed by atoms with Crippen LogP contribution in [0.25, 0.3) is 0 Å². The highest BCUT2D eigenvalue weighted by Gasteiger charge is 2.21. The largest absolute Gasteiger partial charge is 0.338 e. The lowest BCUT2D eigenvalue weighted by atomic mass is 10.1. The number of anilines is 1. The molecule has 0 fully saturated rings. The molecule has 0 aliphatic carbocycles. The predicted octanol–water partition coefficient (Wildman–Crippen LogP) is 1.90. The molecule has 3 rings (SSSR count). The average Bonchev–Trinajstić information content (AvgIpc) is 3.14. The molecule has 0 unspecified atom stereocenters. The van der Waals surface area contributed by atoms with E-state index >= 15 is 0 Å². The molecule has 0 radical (unpaired) electrons. The Kier molecular flexibility index (Phi) is 4.26. The van der Waals surface area contributed by atoms with E-state index in [9.17, 15) is 9.59 Å². The third-order valence-electron chi connectivity index (χ3n) is 3.33. The van der Waals surface area contributed by atoms with E-state index in [1.807, 2.05) is 4.90 Å². The fraction of sp³-hybridized carbons (Fsp3) is 0.385. The lowest BCUT2D eigenvalue weighted by Gasteiger charge is -2.27. The van der Waals surface area contributed by atoms with Crippen LogP contribution in [0.3, 0.4) is 0 Å². The molecule has 110 valence electrons. The Balaban J connectivity index is 1.47. The minimum Gasteiger partial charge on any atom is -0.338 e. The number of aromatic nitrogens is 2. The molecule has 0 spiro atoms. The summed E-state index contributed by atoms with van der Waals surface area (Å²) in [6.45, 7) is 1.40. The van der Waals surface area contributed by atoms with Crippen molar-refractivity contribution in [3.63, 3.8) is 0 Å². The highest BCUT2D eigenvalue weighted by Crippen LogP contribution is 2.24. The first-order valence-electron chi connectivity index (χ1n) is 6.61. The van der Waals surface area contributed by atoms with E-state index in [0.29, 0.717) is 11.7 Å². The zero-order valence-electron chi connectivity index (χ0n) is 11.2. The topological polar surface area (TPSA) is 75.2 Å². The smallest absolute Gasteiger partial charge is 0.226 e. The van der Waals surface area contributed by atoms with E-state index in [1.165, 1.54) is 21.8 Å². The highest BCUT2D eigenvalue weighted by atomic mass is 32.1. The first-order chi connectivity index (χ1) is 10.2. The van der Waals surface area contributed by atoms with Gasteiger partial charge in [0.05, 0.1) is 0 Å². The van der Waals surface area contributed by atoms with E-state index in [-0.39, 0.29) is 24.7 Å². The zero-order chi connectivity index (χ0) is 14.7. The minimum atomic E-state index is -0.201. The second-order valence-corrected chi connectivity index (χ2v) is 6.56. The van der Waals surface area contributed by atoms with Crippen LogP contribution in [0.5, 0.6) is 0 Å². The average molecular weight is 322 g/mol. The summed E-state index contributed by atoms with van der Waals surface area (Å²) >= 11 is 3.00. The molecule has 1 N–H and O–H groups in total. The molecule has 0 saturated carbocycles. The van der Waals surface area contributed by atoms with Gasteiger partial charge in [0.25, 0.3) is 0 Å². The normalized spacial score (nSPS) is 13.8. The maximum Gasteiger partial charge on any atom is 0.226 e. The Hall–Kier alpha value is -1.80. The number of thiophene rings is 1. The Bertz CT molecular complexity index is 638. The Morgan fingerprint density at radius 2 is 2.24 bits per heavy atom. The van der Waals surface area contributed by atoms with Crippen LogP contribution in [0.2, 0.25) is 0 Å². The summed E-state index contributed by atoms with van der Waals surface area (Å²) in [5, 5.41) is 12.5. The fourth-order valence-corrected chi connectivity index (χ4v) is 3.60. The maximum absolute atomic E-state index is 12.2. The molecule has 0 atom stereocenters. The van der Waals surface area contributed by atoms with Crippen molar-refractivity contribution in [2.75, 3.05) is 11.9 Å². The summed E-state index contributed by atoms with van der Waals surface area (Å²) in [5.41, 5.74) is 2.78. The monoisotopic (exact) mass is 322 g/mol. The van der Waals surface area contributed by atoms with Gasteiger partial charge in [-0.05, 0) is 23.4 Å². The SMILES string of the molecule is O=C(CCC(=O)N1CCc2sccc2C1)Nc1nncs1. The fourth-order valence-electron chi connectivity index (χ4n) is 2.25. The van der Waals surface area contributed by atoms with Crippen molar-refractivity contribution in [1.29, 1.82) is 0 Å². The molecule has 21 heavy (non-hydrogen) atoms. The molecule has 0 saturated heterocycles. The Labute approximate surface area is 129 Å². The van der Waals surface area contributed by atoms with Crippen LogP contribution in [0.15, 0.2) is 17.0 Å². The molecule has 0 bridgehead atoms. The van der Waals surface area contributed by atoms with Crippen LogP contribution >= 0.6 is 22.7 Å². The number of amides is 2. The number of rotatable bonds is 4. The molecule has 0 aromatic carbocycles. The van der Waals surface area contributed by atoms with Gasteiger partial charge in [0.2, 0.25) is 16.9 Å². The van der Waals surface area contributed by atoms with Crippen molar-refractivity contribution in [1.82, 2.24) is 15.1 Å². The van der Waals surface area contributed by atoms with Crippen LogP contribution in [0, 0.1) is 0 Å². The minimum absolute atomic E-state index is 0.0271. The summed E-state index contributed by atoms with van der Waals surface area (Å²) in [5.74, 6) is -0.174. The lowest BCUT2D eigenvalue weighted by molar-refractivity contribution is -0.133. The molecular weight excluding hydrogens is 308 g/mol. The van der Waals surface area contributed by atoms with E-state index in [4.69, 9.17) is 0 Å². The standard InChI is InChI=1S/C13H14N4O2S2/c18-11(15-13-16-14-8-21-13)1-2-12(19)17-5-3-10-9(7-17)4-6-20-10/h4,6,8H,1-3,5,7H2,(H,15,16,18). The summed E-state index contributed by atoms with van der Waals surface area (Å²) in [6, 6.07) is 2.07. The lowest BCUT2D eigenvalue weighted by Crippen LogP contribution is -2.35. The van der Waals surface area contributed by atoms with Gasteiger partial charge < -0.3 is 10.2 Å². The third kappa shape index (κ3) is 3.45. The number of nitrogens with one attached hydrogen (secondary N) is 1. The number of carbonyl (C=O) groups is 2. The number of fused-ring (bicyclic) bond motifs is 1. The van der Waals surface area contributed by atoms with Crippen molar-refractivity contribution in [2.24, 2.45) is 0 Å². The Morgan fingerprint density at radius 3 is 3.05 bits per heavy atom. The van der Waals surface area contributed by atoms with E-state index in [2.05, 4.69) is 27.0 Å². The number of hydrogen-bond donors (Lipinski definition) is 1. The molecule has 2 aromatic rings. The van der Waals surface area contributed by atoms with Gasteiger partial charge in [-0.1, -0.05) is 11.3 Å². The van der Waals surface area contributed by atoms with Gasteiger partial charge >= 0.3 is 0 Å². The van der Waals surface area contributed by atoms with Crippen molar-refractivity contribution < 1.29 is 9.59 Å². The van der Waals surface area contributed by atoms with Gasteiger partial charge in [-0.3, -0.25) is 9.59 Å². The molecule has 1 aliphatic rings. The zero-order valence-corrected chi connectivity index (χ0v) is 12.9. The number of nitrogens with zero attached hydrogens (tertiary/aromatic N) is 3. The third-order valence-corrected chi connectivity index (χ3v) is 4.96. The van der Waals surface area contributed by atoms with Gasteiger partial charge in [0.1, 0.15) is 5.51 Å². The highest BCUT2D eigenvalue weighted by molar-refractivity contribution is 7.13. The first kappa shape index (κ1) is 14.2. The van der Waals surface area contributed by atoms with Gasteiger partial charge in [0.15, 0.2) is 0 Å². The second-order valence-electron chi connectivity index (χ2n) is 4.73. The van der Waals surface area contributed by atoms with Gasteiger partial charge in [0, 0.05) is 30.8 Å². The predicted molar refractivity (Wildman–Crippen MR) is 81.2 cm³/mol. The van der Waals surface area contributed by atoms with Gasteiger partial charge in [-0.15, -0.1) is 21.5 Å². The van der Waals surface area contributed by atoms with Crippen molar-refractivity contribution in [3.05, 3.63) is 27.4 Å². The second kappa shape index (κ2) is 6.31. The molecule has 2 amide bonds. The van der Waals surface area contributed by atoms with Crippen LogP contribution in [0.4, 0.5) is 5.13 Å². The van der Waals surface area contributed by atoms with Crippen LogP contribution in [-0.2, 0) is 22.6 Å².